The molecule has 2 N–H and O–H groups in total. The zero-order valence-corrected chi connectivity index (χ0v) is 13.5. The van der Waals surface area contributed by atoms with Gasteiger partial charge in [-0.15, -0.1) is 0 Å². The van der Waals surface area contributed by atoms with Crippen LogP contribution in [-0.2, 0) is 10.2 Å². The van der Waals surface area contributed by atoms with E-state index in [1.54, 1.807) is 0 Å². The first-order valence-corrected chi connectivity index (χ1v) is 7.63. The van der Waals surface area contributed by atoms with Gasteiger partial charge in [0.15, 0.2) is 5.84 Å². The maximum Gasteiger partial charge on any atom is 0.398 e. The summed E-state index contributed by atoms with van der Waals surface area (Å²) >= 11 is 6.12. The van der Waals surface area contributed by atoms with Crippen LogP contribution in [0, 0.1) is 0 Å². The molecule has 0 aliphatic heterocycles. The Bertz CT molecular complexity index is 863. The zero-order valence-electron chi connectivity index (χ0n) is 12.7. The molecule has 3 rings (SSSR count). The Labute approximate surface area is 145 Å². The third-order valence-corrected chi connectivity index (χ3v) is 4.51. The van der Waals surface area contributed by atoms with E-state index in [0.29, 0.717) is 11.3 Å². The summed E-state index contributed by atoms with van der Waals surface area (Å²) in [5.41, 5.74) is 4.96. The minimum absolute atomic E-state index is 0.0296. The number of amidine groups is 1. The summed E-state index contributed by atoms with van der Waals surface area (Å²) in [5.74, 6) is -0.0876. The highest BCUT2D eigenvalue weighted by Crippen LogP contribution is 2.60. The maximum absolute atomic E-state index is 13.3. The van der Waals surface area contributed by atoms with Crippen LogP contribution in [0.15, 0.2) is 35.6 Å². The first kappa shape index (κ1) is 17.3. The Morgan fingerprint density at radius 3 is 2.56 bits per heavy atom. The van der Waals surface area contributed by atoms with Crippen molar-refractivity contribution in [3.8, 4) is 11.3 Å². The second-order valence-corrected chi connectivity index (χ2v) is 6.09. The molecule has 0 atom stereocenters. The number of aromatic nitrogens is 2. The van der Waals surface area contributed by atoms with Crippen LogP contribution >= 0.6 is 11.6 Å². The van der Waals surface area contributed by atoms with Crippen LogP contribution in [0.5, 0.6) is 0 Å². The van der Waals surface area contributed by atoms with Crippen molar-refractivity contribution >= 4 is 23.8 Å². The Hall–Kier alpha value is -2.48. The van der Waals surface area contributed by atoms with E-state index in [1.165, 1.54) is 30.6 Å². The lowest BCUT2D eigenvalue weighted by Crippen LogP contribution is -2.28. The molecule has 0 unspecified atom stereocenters. The SMILES string of the molecule is NC(=NC=O)c1cc(-c2ccc(C3(C(F)(F)F)CC3)c(Cl)c2)ncn1. The van der Waals surface area contributed by atoms with E-state index in [2.05, 4.69) is 15.0 Å². The number of nitrogens with zero attached hydrogens (tertiary/aromatic N) is 3. The first-order chi connectivity index (χ1) is 11.8. The predicted molar refractivity (Wildman–Crippen MR) is 86.2 cm³/mol. The molecule has 0 radical (unpaired) electrons. The molecule has 1 aliphatic rings. The average Bonchev–Trinajstić information content (AvgIpc) is 3.36. The molecule has 5 nitrogen and oxygen atoms in total. The number of nitrogens with two attached hydrogens (primary N) is 1. The average molecular weight is 369 g/mol. The summed E-state index contributed by atoms with van der Waals surface area (Å²) < 4.78 is 39.8. The third kappa shape index (κ3) is 3.09. The molecule has 1 heterocycles. The monoisotopic (exact) mass is 368 g/mol. The molecule has 2 aromatic rings. The Morgan fingerprint density at radius 1 is 1.28 bits per heavy atom. The predicted octanol–water partition coefficient (Wildman–Crippen LogP) is 3.25. The topological polar surface area (TPSA) is 81.2 Å². The van der Waals surface area contributed by atoms with E-state index in [9.17, 15) is 18.0 Å². The Morgan fingerprint density at radius 2 is 2.00 bits per heavy atom. The molecule has 0 saturated heterocycles. The van der Waals surface area contributed by atoms with Gasteiger partial charge in [0, 0.05) is 10.6 Å². The summed E-state index contributed by atoms with van der Waals surface area (Å²) in [7, 11) is 0. The van der Waals surface area contributed by atoms with Gasteiger partial charge in [-0.1, -0.05) is 23.7 Å². The molecule has 25 heavy (non-hydrogen) atoms. The lowest BCUT2D eigenvalue weighted by molar-refractivity contribution is -0.160. The number of halogens is 4. The van der Waals surface area contributed by atoms with Crippen LogP contribution in [0.1, 0.15) is 24.1 Å². The summed E-state index contributed by atoms with van der Waals surface area (Å²) in [6.07, 6.45) is -2.76. The summed E-state index contributed by atoms with van der Waals surface area (Å²) in [4.78, 5) is 21.7. The van der Waals surface area contributed by atoms with Crippen molar-refractivity contribution in [2.75, 3.05) is 0 Å². The van der Waals surface area contributed by atoms with E-state index in [1.807, 2.05) is 0 Å². The number of hydrogen-bond donors (Lipinski definition) is 1. The van der Waals surface area contributed by atoms with Gasteiger partial charge in [0.1, 0.15) is 12.0 Å². The van der Waals surface area contributed by atoms with Crippen LogP contribution in [0.2, 0.25) is 5.02 Å². The van der Waals surface area contributed by atoms with Crippen molar-refractivity contribution in [3.63, 3.8) is 0 Å². The summed E-state index contributed by atoms with van der Waals surface area (Å²) in [6.45, 7) is 0. The molecule has 1 fully saturated rings. The number of aliphatic imine (C=N–C) groups is 1. The number of benzene rings is 1. The Kier molecular flexibility index (Phi) is 4.24. The van der Waals surface area contributed by atoms with Crippen molar-refractivity contribution in [2.24, 2.45) is 10.7 Å². The van der Waals surface area contributed by atoms with E-state index in [4.69, 9.17) is 17.3 Å². The molecule has 9 heteroatoms. The van der Waals surface area contributed by atoms with Crippen LogP contribution in [0.3, 0.4) is 0 Å². The smallest absolute Gasteiger partial charge is 0.382 e. The van der Waals surface area contributed by atoms with Gasteiger partial charge in [-0.05, 0) is 30.5 Å². The van der Waals surface area contributed by atoms with E-state index >= 15 is 0 Å². The molecule has 1 aromatic heterocycles. The van der Waals surface area contributed by atoms with Crippen molar-refractivity contribution in [1.29, 1.82) is 0 Å². The fraction of sp³-hybridized carbons (Fsp3) is 0.250. The highest BCUT2D eigenvalue weighted by atomic mass is 35.5. The Balaban J connectivity index is 1.99. The molecule has 1 aliphatic carbocycles. The van der Waals surface area contributed by atoms with Crippen molar-refractivity contribution in [3.05, 3.63) is 46.9 Å². The van der Waals surface area contributed by atoms with E-state index < -0.39 is 11.6 Å². The number of amides is 1. The quantitative estimate of drug-likeness (QED) is 0.510. The zero-order chi connectivity index (χ0) is 18.2. The molecule has 1 saturated carbocycles. The van der Waals surface area contributed by atoms with Crippen LogP contribution < -0.4 is 5.73 Å². The van der Waals surface area contributed by atoms with Crippen LogP contribution in [-0.4, -0.2) is 28.4 Å². The molecular formula is C16H12ClF3N4O. The molecule has 0 spiro atoms. The normalized spacial score (nSPS) is 16.6. The number of carbonyl (C=O) groups excluding carboxylic acids is 1. The summed E-state index contributed by atoms with van der Waals surface area (Å²) in [6, 6.07) is 5.81. The highest BCUT2D eigenvalue weighted by Gasteiger charge is 2.64. The number of rotatable bonds is 4. The van der Waals surface area contributed by atoms with Crippen molar-refractivity contribution < 1.29 is 18.0 Å². The molecule has 0 bridgehead atoms. The fourth-order valence-electron chi connectivity index (χ4n) is 2.67. The largest absolute Gasteiger partial charge is 0.398 e. The lowest BCUT2D eigenvalue weighted by Gasteiger charge is -2.21. The maximum atomic E-state index is 13.3. The molecule has 1 amide bonds. The van der Waals surface area contributed by atoms with Gasteiger partial charge in [-0.2, -0.15) is 18.2 Å². The van der Waals surface area contributed by atoms with Crippen molar-refractivity contribution in [2.45, 2.75) is 24.4 Å². The molecule has 1 aromatic carbocycles. The van der Waals surface area contributed by atoms with Gasteiger partial charge in [0.2, 0.25) is 6.41 Å². The fourth-order valence-corrected chi connectivity index (χ4v) is 3.03. The van der Waals surface area contributed by atoms with Crippen molar-refractivity contribution in [1.82, 2.24) is 9.97 Å². The lowest BCUT2D eigenvalue weighted by atomic mass is 9.93. The van der Waals surface area contributed by atoms with Gasteiger partial charge >= 0.3 is 6.18 Å². The highest BCUT2D eigenvalue weighted by molar-refractivity contribution is 6.31. The van der Waals surface area contributed by atoms with E-state index in [-0.39, 0.29) is 41.4 Å². The molecule has 130 valence electrons. The van der Waals surface area contributed by atoms with Gasteiger partial charge in [0.05, 0.1) is 11.1 Å². The number of alkyl halides is 3. The van der Waals surface area contributed by atoms with E-state index in [0.717, 1.165) is 0 Å². The number of hydrogen-bond acceptors (Lipinski definition) is 3. The van der Waals surface area contributed by atoms with Gasteiger partial charge < -0.3 is 5.73 Å². The third-order valence-electron chi connectivity index (χ3n) is 4.19. The molecular weight excluding hydrogens is 357 g/mol. The van der Waals surface area contributed by atoms with Gasteiger partial charge in [-0.25, -0.2) is 9.97 Å². The standard InChI is InChI=1S/C16H12ClF3N4O/c17-11-5-9(1-2-10(11)15(3-4-15)16(18,19)20)12-6-13(23-7-22-12)14(21)24-8-25/h1-2,5-8H,3-4H2,(H2,21,24,25). The second kappa shape index (κ2) is 6.11. The minimum atomic E-state index is -4.33. The van der Waals surface area contributed by atoms with Gasteiger partial charge in [-0.3, -0.25) is 4.79 Å². The minimum Gasteiger partial charge on any atom is -0.382 e. The van der Waals surface area contributed by atoms with Crippen LogP contribution in [0.4, 0.5) is 13.2 Å². The van der Waals surface area contributed by atoms with Gasteiger partial charge in [0.25, 0.3) is 0 Å². The first-order valence-electron chi connectivity index (χ1n) is 7.25. The second-order valence-electron chi connectivity index (χ2n) is 5.68. The van der Waals surface area contributed by atoms with Crippen LogP contribution in [0.25, 0.3) is 11.3 Å². The summed E-state index contributed by atoms with van der Waals surface area (Å²) in [5, 5.41) is 0.0296. The number of carbonyl (C=O) groups is 1.